The zero-order valence-corrected chi connectivity index (χ0v) is 13.4. The molecule has 3 rings (SSSR count). The highest BCUT2D eigenvalue weighted by Crippen LogP contribution is 2.48. The van der Waals surface area contributed by atoms with Crippen molar-refractivity contribution >= 4 is 11.6 Å². The second kappa shape index (κ2) is 6.69. The van der Waals surface area contributed by atoms with E-state index < -0.39 is 10.3 Å². The Hall–Kier alpha value is -1.91. The molecule has 5 nitrogen and oxygen atoms in total. The summed E-state index contributed by atoms with van der Waals surface area (Å²) in [7, 11) is 0. The number of nitro benzene ring substituents is 1. The standard InChI is InChI=1S/C18H24N2O3/c21-17(19-15-6-4-2-1-3-5-7-15)18(12-13-18)14-8-10-16(11-9-14)20(22)23/h8-11,15H,1-7,12-13H2,(H,19,21). The van der Waals surface area contributed by atoms with Crippen molar-refractivity contribution in [3.63, 3.8) is 0 Å². The van der Waals surface area contributed by atoms with Gasteiger partial charge in [-0.05, 0) is 31.2 Å². The molecule has 23 heavy (non-hydrogen) atoms. The van der Waals surface area contributed by atoms with Crippen molar-refractivity contribution in [3.8, 4) is 0 Å². The number of non-ortho nitro benzene ring substituents is 1. The van der Waals surface area contributed by atoms with Gasteiger partial charge in [0, 0.05) is 18.2 Å². The van der Waals surface area contributed by atoms with Crippen LogP contribution < -0.4 is 5.32 Å². The van der Waals surface area contributed by atoms with Crippen molar-refractivity contribution in [2.45, 2.75) is 69.2 Å². The first-order chi connectivity index (χ1) is 11.1. The van der Waals surface area contributed by atoms with Crippen molar-refractivity contribution in [1.29, 1.82) is 0 Å². The molecule has 0 heterocycles. The maximum absolute atomic E-state index is 12.8. The van der Waals surface area contributed by atoms with Crippen molar-refractivity contribution in [2.75, 3.05) is 0 Å². The number of benzene rings is 1. The molecule has 0 atom stereocenters. The van der Waals surface area contributed by atoms with Gasteiger partial charge in [0.05, 0.1) is 10.3 Å². The van der Waals surface area contributed by atoms with Gasteiger partial charge >= 0.3 is 0 Å². The number of hydrogen-bond donors (Lipinski definition) is 1. The minimum absolute atomic E-state index is 0.0741. The van der Waals surface area contributed by atoms with Crippen LogP contribution in [0.2, 0.25) is 0 Å². The molecule has 0 aliphatic heterocycles. The fraction of sp³-hybridized carbons (Fsp3) is 0.611. The molecule has 5 heteroatoms. The summed E-state index contributed by atoms with van der Waals surface area (Å²) in [6.45, 7) is 0. The van der Waals surface area contributed by atoms with E-state index >= 15 is 0 Å². The van der Waals surface area contributed by atoms with Gasteiger partial charge in [0.25, 0.3) is 5.69 Å². The lowest BCUT2D eigenvalue weighted by Crippen LogP contribution is -2.41. The van der Waals surface area contributed by atoms with Crippen LogP contribution in [0.3, 0.4) is 0 Å². The highest BCUT2D eigenvalue weighted by Gasteiger charge is 2.51. The minimum atomic E-state index is -0.447. The van der Waals surface area contributed by atoms with Crippen molar-refractivity contribution < 1.29 is 9.72 Å². The predicted octanol–water partition coefficient (Wildman–Crippen LogP) is 3.86. The van der Waals surface area contributed by atoms with Gasteiger partial charge in [-0.2, -0.15) is 0 Å². The number of nitrogens with one attached hydrogen (secondary N) is 1. The quantitative estimate of drug-likeness (QED) is 0.677. The summed E-state index contributed by atoms with van der Waals surface area (Å²) in [5.74, 6) is 0.108. The lowest BCUT2D eigenvalue weighted by Gasteiger charge is -2.24. The number of rotatable bonds is 4. The first-order valence-electron chi connectivity index (χ1n) is 8.68. The van der Waals surface area contributed by atoms with Crippen LogP contribution in [-0.2, 0) is 10.2 Å². The number of hydrogen-bond acceptors (Lipinski definition) is 3. The van der Waals surface area contributed by atoms with E-state index in [4.69, 9.17) is 0 Å². The Balaban J connectivity index is 1.66. The topological polar surface area (TPSA) is 72.2 Å². The molecule has 1 amide bonds. The van der Waals surface area contributed by atoms with E-state index in [9.17, 15) is 14.9 Å². The molecule has 0 aromatic heterocycles. The Labute approximate surface area is 136 Å². The van der Waals surface area contributed by atoms with E-state index in [2.05, 4.69) is 5.32 Å². The van der Waals surface area contributed by atoms with E-state index in [0.29, 0.717) is 6.04 Å². The van der Waals surface area contributed by atoms with Gasteiger partial charge in [-0.25, -0.2) is 0 Å². The smallest absolute Gasteiger partial charge is 0.269 e. The molecular weight excluding hydrogens is 292 g/mol. The zero-order chi connectivity index (χ0) is 16.3. The van der Waals surface area contributed by atoms with Gasteiger partial charge in [-0.3, -0.25) is 14.9 Å². The van der Waals surface area contributed by atoms with Crippen LogP contribution in [0.15, 0.2) is 24.3 Å². The summed E-state index contributed by atoms with van der Waals surface area (Å²) in [5, 5.41) is 14.0. The Bertz CT molecular complexity index is 570. The first-order valence-corrected chi connectivity index (χ1v) is 8.68. The maximum Gasteiger partial charge on any atom is 0.269 e. The maximum atomic E-state index is 12.8. The van der Waals surface area contributed by atoms with Crippen LogP contribution in [0, 0.1) is 10.1 Å². The van der Waals surface area contributed by atoms with Gasteiger partial charge in [0.15, 0.2) is 0 Å². The van der Waals surface area contributed by atoms with E-state index in [1.165, 1.54) is 44.2 Å². The molecule has 0 spiro atoms. The largest absolute Gasteiger partial charge is 0.353 e. The molecule has 1 aromatic carbocycles. The average molecular weight is 316 g/mol. The van der Waals surface area contributed by atoms with Crippen molar-refractivity contribution in [1.82, 2.24) is 5.32 Å². The Morgan fingerprint density at radius 1 is 1.04 bits per heavy atom. The van der Waals surface area contributed by atoms with Crippen LogP contribution in [0.5, 0.6) is 0 Å². The molecule has 1 aromatic rings. The molecule has 2 fully saturated rings. The van der Waals surface area contributed by atoms with Crippen LogP contribution in [0.25, 0.3) is 0 Å². The summed E-state index contributed by atoms with van der Waals surface area (Å²) < 4.78 is 0. The van der Waals surface area contributed by atoms with Gasteiger partial charge < -0.3 is 5.32 Å². The van der Waals surface area contributed by atoms with Gasteiger partial charge in [-0.15, -0.1) is 0 Å². The van der Waals surface area contributed by atoms with Gasteiger partial charge in [0.1, 0.15) is 0 Å². The van der Waals surface area contributed by atoms with Crippen molar-refractivity contribution in [2.24, 2.45) is 0 Å². The third-order valence-corrected chi connectivity index (χ3v) is 5.26. The molecule has 0 saturated heterocycles. The second-order valence-electron chi connectivity index (χ2n) is 6.90. The number of carbonyl (C=O) groups excluding carboxylic acids is 1. The van der Waals surface area contributed by atoms with Crippen LogP contribution >= 0.6 is 0 Å². The average Bonchev–Trinajstić information content (AvgIpc) is 3.31. The van der Waals surface area contributed by atoms with E-state index in [1.54, 1.807) is 12.1 Å². The molecule has 2 aliphatic carbocycles. The molecule has 2 aliphatic rings. The summed E-state index contributed by atoms with van der Waals surface area (Å²) in [6.07, 6.45) is 10.0. The fourth-order valence-corrected chi connectivity index (χ4v) is 3.60. The highest BCUT2D eigenvalue weighted by molar-refractivity contribution is 5.91. The number of amides is 1. The number of carbonyl (C=O) groups is 1. The Morgan fingerprint density at radius 3 is 2.13 bits per heavy atom. The number of nitrogens with zero attached hydrogens (tertiary/aromatic N) is 1. The highest BCUT2D eigenvalue weighted by atomic mass is 16.6. The monoisotopic (exact) mass is 316 g/mol. The van der Waals surface area contributed by atoms with Crippen molar-refractivity contribution in [3.05, 3.63) is 39.9 Å². The Morgan fingerprint density at radius 2 is 1.61 bits per heavy atom. The lowest BCUT2D eigenvalue weighted by molar-refractivity contribution is -0.384. The molecule has 0 bridgehead atoms. The third-order valence-electron chi connectivity index (χ3n) is 5.26. The van der Waals surface area contributed by atoms with Gasteiger partial charge in [-0.1, -0.05) is 44.2 Å². The SMILES string of the molecule is O=C(NC1CCCCCCC1)C1(c2ccc([N+](=O)[O-])cc2)CC1. The normalized spacial score (nSPS) is 21.0. The fourth-order valence-electron chi connectivity index (χ4n) is 3.60. The molecular formula is C18H24N2O3. The predicted molar refractivity (Wildman–Crippen MR) is 88.3 cm³/mol. The first kappa shape index (κ1) is 16.0. The molecule has 1 N–H and O–H groups in total. The molecule has 0 radical (unpaired) electrons. The molecule has 124 valence electrons. The number of nitro groups is 1. The van der Waals surface area contributed by atoms with Gasteiger partial charge in [0.2, 0.25) is 5.91 Å². The lowest BCUT2D eigenvalue weighted by atomic mass is 9.92. The minimum Gasteiger partial charge on any atom is -0.353 e. The molecule has 2 saturated carbocycles. The zero-order valence-electron chi connectivity index (χ0n) is 13.4. The Kier molecular flexibility index (Phi) is 4.64. The summed E-state index contributed by atoms with van der Waals surface area (Å²) in [6, 6.07) is 6.77. The summed E-state index contributed by atoms with van der Waals surface area (Å²) in [5.41, 5.74) is 0.536. The van der Waals surface area contributed by atoms with E-state index in [0.717, 1.165) is 31.2 Å². The molecule has 0 unspecified atom stereocenters. The van der Waals surface area contributed by atoms with E-state index in [-0.39, 0.29) is 11.6 Å². The van der Waals surface area contributed by atoms with Crippen LogP contribution in [0.1, 0.15) is 63.4 Å². The summed E-state index contributed by atoms with van der Waals surface area (Å²) in [4.78, 5) is 23.1. The second-order valence-corrected chi connectivity index (χ2v) is 6.90. The summed E-state index contributed by atoms with van der Waals surface area (Å²) >= 11 is 0. The van der Waals surface area contributed by atoms with Crippen LogP contribution in [0.4, 0.5) is 5.69 Å². The third kappa shape index (κ3) is 3.54. The van der Waals surface area contributed by atoms with Crippen LogP contribution in [-0.4, -0.2) is 16.9 Å². The van der Waals surface area contributed by atoms with E-state index in [1.807, 2.05) is 0 Å².